The lowest BCUT2D eigenvalue weighted by Gasteiger charge is -2.40. The van der Waals surface area contributed by atoms with E-state index in [2.05, 4.69) is 9.97 Å². The average molecular weight is 510 g/mol. The number of hydrogen-bond acceptors (Lipinski definition) is 6. The van der Waals surface area contributed by atoms with Gasteiger partial charge in [-0.15, -0.1) is 0 Å². The van der Waals surface area contributed by atoms with Gasteiger partial charge in [-0.2, -0.15) is 0 Å². The van der Waals surface area contributed by atoms with Crippen LogP contribution >= 0.6 is 0 Å². The molecule has 0 bridgehead atoms. The first kappa shape index (κ1) is 23.7. The van der Waals surface area contributed by atoms with Crippen molar-refractivity contribution in [2.45, 2.75) is 24.3 Å². The van der Waals surface area contributed by atoms with Crippen molar-refractivity contribution in [3.8, 4) is 11.3 Å². The van der Waals surface area contributed by atoms with E-state index in [4.69, 9.17) is 0 Å². The lowest BCUT2D eigenvalue weighted by Crippen LogP contribution is -2.55. The molecule has 36 heavy (non-hydrogen) atoms. The molecule has 1 amide bonds. The highest BCUT2D eigenvalue weighted by molar-refractivity contribution is 7.90. The molecule has 9 nitrogen and oxygen atoms in total. The van der Waals surface area contributed by atoms with Crippen LogP contribution in [0.4, 0.5) is 15.0 Å². The summed E-state index contributed by atoms with van der Waals surface area (Å²) < 4.78 is 42.5. The number of benzene rings is 2. The van der Waals surface area contributed by atoms with E-state index >= 15 is 0 Å². The van der Waals surface area contributed by atoms with Crippen molar-refractivity contribution >= 4 is 33.0 Å². The zero-order chi connectivity index (χ0) is 25.4. The summed E-state index contributed by atoms with van der Waals surface area (Å²) in [4.78, 5) is 23.9. The molecule has 4 aromatic rings. The Balaban J connectivity index is 1.70. The maximum atomic E-state index is 13.8. The van der Waals surface area contributed by atoms with Gasteiger partial charge in [0.25, 0.3) is 10.0 Å². The average Bonchev–Trinajstić information content (AvgIpc) is 3.30. The van der Waals surface area contributed by atoms with E-state index in [0.717, 1.165) is 0 Å². The van der Waals surface area contributed by atoms with Crippen LogP contribution in [-0.2, 0) is 10.0 Å². The molecule has 5 rings (SSSR count). The second-order valence-electron chi connectivity index (χ2n) is 8.54. The van der Waals surface area contributed by atoms with Crippen LogP contribution in [0, 0.1) is 5.82 Å². The van der Waals surface area contributed by atoms with Crippen LogP contribution < -0.4 is 4.90 Å². The minimum Gasteiger partial charge on any atom is -0.465 e. The van der Waals surface area contributed by atoms with E-state index in [1.54, 1.807) is 24.3 Å². The Labute approximate surface area is 207 Å². The molecule has 186 valence electrons. The molecule has 1 N–H and O–H groups in total. The Bertz CT molecular complexity index is 1520. The van der Waals surface area contributed by atoms with Crippen molar-refractivity contribution in [3.05, 3.63) is 72.8 Å². The molecule has 0 radical (unpaired) electrons. The van der Waals surface area contributed by atoms with E-state index in [0.29, 0.717) is 48.5 Å². The first-order chi connectivity index (χ1) is 17.3. The van der Waals surface area contributed by atoms with Crippen molar-refractivity contribution in [2.24, 2.45) is 0 Å². The molecule has 2 aromatic heterocycles. The number of anilines is 1. The fourth-order valence-corrected chi connectivity index (χ4v) is 6.14. The van der Waals surface area contributed by atoms with Gasteiger partial charge in [0.05, 0.1) is 22.0 Å². The number of halogens is 1. The molecule has 1 aliphatic rings. The number of carbonyl (C=O) groups is 1. The number of fused-ring (bicyclic) bond motifs is 1. The summed E-state index contributed by atoms with van der Waals surface area (Å²) in [6, 6.07) is 15.1. The number of carboxylic acid groups (broad SMARTS) is 1. The van der Waals surface area contributed by atoms with Gasteiger partial charge in [0, 0.05) is 19.6 Å². The molecule has 1 aliphatic heterocycles. The summed E-state index contributed by atoms with van der Waals surface area (Å²) in [6.45, 7) is 3.04. The molecule has 0 saturated carbocycles. The van der Waals surface area contributed by atoms with Crippen LogP contribution in [0.2, 0.25) is 0 Å². The second-order valence-corrected chi connectivity index (χ2v) is 10.3. The van der Waals surface area contributed by atoms with Crippen molar-refractivity contribution in [3.63, 3.8) is 0 Å². The van der Waals surface area contributed by atoms with E-state index in [1.807, 2.05) is 11.8 Å². The quantitative estimate of drug-likeness (QED) is 0.432. The van der Waals surface area contributed by atoms with Crippen molar-refractivity contribution in [1.82, 2.24) is 18.8 Å². The fourth-order valence-electron chi connectivity index (χ4n) is 4.64. The first-order valence-electron chi connectivity index (χ1n) is 11.5. The van der Waals surface area contributed by atoms with Crippen LogP contribution in [0.15, 0.2) is 71.9 Å². The minimum absolute atomic E-state index is 0.0899. The Morgan fingerprint density at radius 2 is 1.81 bits per heavy atom. The third kappa shape index (κ3) is 4.05. The summed E-state index contributed by atoms with van der Waals surface area (Å²) >= 11 is 0. The lowest BCUT2D eigenvalue weighted by atomic mass is 10.1. The van der Waals surface area contributed by atoms with Crippen molar-refractivity contribution in [2.75, 3.05) is 24.5 Å². The number of rotatable bonds is 5. The SMILES string of the molecule is CC[C@@H]1CN(c2ncnc3c2cc(-c2ccc(F)cc2)n3S(=O)(=O)c2ccccc2)CCN1C(=O)O. The van der Waals surface area contributed by atoms with Gasteiger partial charge in [-0.3, -0.25) is 0 Å². The second kappa shape index (κ2) is 9.23. The molecular weight excluding hydrogens is 485 g/mol. The molecule has 0 unspecified atom stereocenters. The van der Waals surface area contributed by atoms with E-state index < -0.39 is 21.9 Å². The Hall–Kier alpha value is -3.99. The largest absolute Gasteiger partial charge is 0.465 e. The zero-order valence-corrected chi connectivity index (χ0v) is 20.3. The third-order valence-electron chi connectivity index (χ3n) is 6.45. The van der Waals surface area contributed by atoms with E-state index in [9.17, 15) is 22.7 Å². The van der Waals surface area contributed by atoms with E-state index in [-0.39, 0.29) is 16.6 Å². The van der Waals surface area contributed by atoms with Gasteiger partial charge in [-0.1, -0.05) is 25.1 Å². The molecule has 11 heteroatoms. The van der Waals surface area contributed by atoms with Crippen LogP contribution in [-0.4, -0.2) is 64.1 Å². The summed E-state index contributed by atoms with van der Waals surface area (Å²) in [5.41, 5.74) is 1.02. The molecule has 2 aromatic carbocycles. The van der Waals surface area contributed by atoms with Gasteiger partial charge in [0.1, 0.15) is 18.0 Å². The number of nitrogens with zero attached hydrogens (tertiary/aromatic N) is 5. The lowest BCUT2D eigenvalue weighted by molar-refractivity contribution is 0.116. The zero-order valence-electron chi connectivity index (χ0n) is 19.5. The summed E-state index contributed by atoms with van der Waals surface area (Å²) in [6.07, 6.45) is 0.975. The van der Waals surface area contributed by atoms with Crippen LogP contribution in [0.1, 0.15) is 13.3 Å². The first-order valence-corrected chi connectivity index (χ1v) is 12.9. The molecule has 1 fully saturated rings. The summed E-state index contributed by atoms with van der Waals surface area (Å²) in [5, 5.41) is 10.0. The predicted molar refractivity (Wildman–Crippen MR) is 133 cm³/mol. The normalized spacial score (nSPS) is 16.4. The summed E-state index contributed by atoms with van der Waals surface area (Å²) in [7, 11) is -4.07. The highest BCUT2D eigenvalue weighted by atomic mass is 32.2. The number of hydrogen-bond donors (Lipinski definition) is 1. The van der Waals surface area contributed by atoms with Gasteiger partial charge >= 0.3 is 6.09 Å². The topological polar surface area (TPSA) is 109 Å². The molecule has 0 spiro atoms. The highest BCUT2D eigenvalue weighted by Gasteiger charge is 2.32. The Morgan fingerprint density at radius 1 is 1.08 bits per heavy atom. The van der Waals surface area contributed by atoms with Crippen LogP contribution in [0.3, 0.4) is 0 Å². The highest BCUT2D eigenvalue weighted by Crippen LogP contribution is 2.35. The van der Waals surface area contributed by atoms with Gasteiger partial charge in [-0.05, 0) is 54.4 Å². The molecule has 3 heterocycles. The Kier molecular flexibility index (Phi) is 6.09. The van der Waals surface area contributed by atoms with Gasteiger partial charge in [-0.25, -0.2) is 31.5 Å². The molecule has 1 saturated heterocycles. The standard InChI is InChI=1S/C25H24FN5O4S/c1-2-19-15-29(12-13-30(19)25(32)33)23-21-14-22(17-8-10-18(26)11-9-17)31(24(21)28-16-27-23)36(34,35)20-6-4-3-5-7-20/h3-11,14,16,19H,2,12-13,15H2,1H3,(H,32,33)/t19-/m1/s1. The molecular formula is C25H24FN5O4S. The Morgan fingerprint density at radius 3 is 2.47 bits per heavy atom. The van der Waals surface area contributed by atoms with Crippen LogP contribution in [0.5, 0.6) is 0 Å². The van der Waals surface area contributed by atoms with Crippen LogP contribution in [0.25, 0.3) is 22.3 Å². The summed E-state index contributed by atoms with van der Waals surface area (Å²) in [5.74, 6) is 0.0866. The number of aromatic nitrogens is 3. The molecule has 0 aliphatic carbocycles. The van der Waals surface area contributed by atoms with Gasteiger partial charge in [0.15, 0.2) is 5.65 Å². The van der Waals surface area contributed by atoms with Crippen molar-refractivity contribution in [1.29, 1.82) is 0 Å². The monoisotopic (exact) mass is 509 g/mol. The van der Waals surface area contributed by atoms with Gasteiger partial charge in [0.2, 0.25) is 0 Å². The maximum Gasteiger partial charge on any atom is 0.407 e. The number of piperazine rings is 1. The number of amides is 1. The minimum atomic E-state index is -4.07. The maximum absolute atomic E-state index is 13.8. The smallest absolute Gasteiger partial charge is 0.407 e. The van der Waals surface area contributed by atoms with Gasteiger partial charge < -0.3 is 14.9 Å². The molecule has 1 atom stereocenters. The third-order valence-corrected chi connectivity index (χ3v) is 8.17. The fraction of sp³-hybridized carbons (Fsp3) is 0.240. The van der Waals surface area contributed by atoms with Crippen molar-refractivity contribution < 1.29 is 22.7 Å². The van der Waals surface area contributed by atoms with E-state index in [1.165, 1.54) is 51.6 Å². The predicted octanol–water partition coefficient (Wildman–Crippen LogP) is 4.05.